The van der Waals surface area contributed by atoms with Crippen LogP contribution in [0.3, 0.4) is 0 Å². The van der Waals surface area contributed by atoms with Crippen molar-refractivity contribution in [2.75, 3.05) is 11.1 Å². The fraction of sp³-hybridized carbons (Fsp3) is 0.154. The zero-order valence-electron chi connectivity index (χ0n) is 11.0. The third-order valence-corrected chi connectivity index (χ3v) is 4.51. The number of carbonyl (C=O) groups is 1. The molecular weight excluding hydrogens is 349 g/mol. The highest BCUT2D eigenvalue weighted by molar-refractivity contribution is 8.01. The van der Waals surface area contributed by atoms with Gasteiger partial charge in [0.25, 0.3) is 0 Å². The minimum absolute atomic E-state index is 0.282. The average molecular weight is 360 g/mol. The molecule has 1 aromatic carbocycles. The molecule has 0 saturated heterocycles. The van der Waals surface area contributed by atoms with Crippen LogP contribution in [0.5, 0.6) is 0 Å². The van der Waals surface area contributed by atoms with Gasteiger partial charge in [0.1, 0.15) is 0 Å². The van der Waals surface area contributed by atoms with Crippen molar-refractivity contribution in [3.63, 3.8) is 0 Å². The fourth-order valence-electron chi connectivity index (χ4n) is 1.43. The van der Waals surface area contributed by atoms with Gasteiger partial charge in [-0.1, -0.05) is 53.2 Å². The van der Waals surface area contributed by atoms with Gasteiger partial charge in [0.2, 0.25) is 11.0 Å². The second-order valence-electron chi connectivity index (χ2n) is 3.83. The molecule has 0 aliphatic rings. The molecule has 2 aromatic rings. The number of anilines is 1. The summed E-state index contributed by atoms with van der Waals surface area (Å²) in [6, 6.07) is 5.07. The number of aromatic nitrogens is 2. The summed E-state index contributed by atoms with van der Waals surface area (Å²) in [6.07, 6.45) is 3.03. The lowest BCUT2D eigenvalue weighted by Crippen LogP contribution is -2.07. The molecule has 110 valence electrons. The van der Waals surface area contributed by atoms with E-state index in [4.69, 9.17) is 23.2 Å². The van der Waals surface area contributed by atoms with Gasteiger partial charge in [-0.15, -0.1) is 10.2 Å². The molecule has 1 aromatic heterocycles. The first kappa shape index (κ1) is 16.3. The first-order valence-electron chi connectivity index (χ1n) is 5.98. The highest BCUT2D eigenvalue weighted by atomic mass is 35.5. The normalized spacial score (nSPS) is 11.0. The van der Waals surface area contributed by atoms with Crippen LogP contribution in [0, 0.1) is 0 Å². The van der Waals surface area contributed by atoms with Crippen molar-refractivity contribution in [3.05, 3.63) is 39.9 Å². The van der Waals surface area contributed by atoms with Gasteiger partial charge in [-0.25, -0.2) is 0 Å². The number of halogens is 2. The van der Waals surface area contributed by atoms with Crippen LogP contribution in [0.2, 0.25) is 10.0 Å². The summed E-state index contributed by atoms with van der Waals surface area (Å²) in [6.45, 7) is 2.03. The Morgan fingerprint density at radius 2 is 2.05 bits per heavy atom. The number of nitrogens with one attached hydrogen (secondary N) is 1. The van der Waals surface area contributed by atoms with E-state index in [0.717, 1.165) is 15.7 Å². The SMILES string of the molecule is CCSc1nnc(NC(=O)/C=C/c2cc(Cl)cc(Cl)c2)s1. The number of nitrogens with zero attached hydrogens (tertiary/aromatic N) is 2. The monoisotopic (exact) mass is 359 g/mol. The molecule has 0 fully saturated rings. The molecule has 0 aliphatic heterocycles. The Hall–Kier alpha value is -1.08. The van der Waals surface area contributed by atoms with Crippen LogP contribution in [-0.2, 0) is 4.79 Å². The van der Waals surface area contributed by atoms with Crippen LogP contribution in [0.4, 0.5) is 5.13 Å². The lowest BCUT2D eigenvalue weighted by molar-refractivity contribution is -0.111. The van der Waals surface area contributed by atoms with Crippen molar-refractivity contribution in [1.82, 2.24) is 10.2 Å². The molecule has 0 bridgehead atoms. The molecular formula is C13H11Cl2N3OS2. The van der Waals surface area contributed by atoms with E-state index >= 15 is 0 Å². The van der Waals surface area contributed by atoms with Crippen LogP contribution in [-0.4, -0.2) is 21.9 Å². The van der Waals surface area contributed by atoms with Crippen molar-refractivity contribution in [3.8, 4) is 0 Å². The van der Waals surface area contributed by atoms with Gasteiger partial charge in [0.15, 0.2) is 4.34 Å². The van der Waals surface area contributed by atoms with Crippen molar-refractivity contribution < 1.29 is 4.79 Å². The summed E-state index contributed by atoms with van der Waals surface area (Å²) < 4.78 is 0.832. The third kappa shape index (κ3) is 5.32. The topological polar surface area (TPSA) is 54.9 Å². The van der Waals surface area contributed by atoms with Crippen LogP contribution in [0.1, 0.15) is 12.5 Å². The largest absolute Gasteiger partial charge is 0.297 e. The maximum Gasteiger partial charge on any atom is 0.250 e. The van der Waals surface area contributed by atoms with E-state index < -0.39 is 0 Å². The number of carbonyl (C=O) groups excluding carboxylic acids is 1. The molecule has 0 radical (unpaired) electrons. The predicted octanol–water partition coefficient (Wildman–Crippen LogP) is 4.61. The average Bonchev–Trinajstić information content (AvgIpc) is 2.83. The second-order valence-corrected chi connectivity index (χ2v) is 7.19. The van der Waals surface area contributed by atoms with Gasteiger partial charge in [0.05, 0.1) is 0 Å². The molecule has 2 rings (SSSR count). The van der Waals surface area contributed by atoms with Crippen molar-refractivity contribution in [2.45, 2.75) is 11.3 Å². The zero-order valence-corrected chi connectivity index (χ0v) is 14.1. The van der Waals surface area contributed by atoms with E-state index in [1.165, 1.54) is 17.4 Å². The highest BCUT2D eigenvalue weighted by Gasteiger charge is 2.06. The minimum atomic E-state index is -0.282. The molecule has 0 unspecified atom stereocenters. The number of hydrogen-bond donors (Lipinski definition) is 1. The molecule has 21 heavy (non-hydrogen) atoms. The first-order chi connectivity index (χ1) is 10.1. The smallest absolute Gasteiger partial charge is 0.250 e. The van der Waals surface area contributed by atoms with Crippen molar-refractivity contribution in [1.29, 1.82) is 0 Å². The Morgan fingerprint density at radius 1 is 1.33 bits per heavy atom. The first-order valence-corrected chi connectivity index (χ1v) is 8.54. The quantitative estimate of drug-likeness (QED) is 0.481. The van der Waals surface area contributed by atoms with Gasteiger partial charge < -0.3 is 0 Å². The number of rotatable bonds is 5. The predicted molar refractivity (Wildman–Crippen MR) is 90.4 cm³/mol. The molecule has 4 nitrogen and oxygen atoms in total. The number of benzene rings is 1. The standard InChI is InChI=1S/C13H11Cl2N3OS2/c1-2-20-13-18-17-12(21-13)16-11(19)4-3-8-5-9(14)7-10(15)6-8/h3-7H,2H2,1H3,(H,16,17,19)/b4-3+. The van der Waals surface area contributed by atoms with Crippen LogP contribution < -0.4 is 5.32 Å². The van der Waals surface area contributed by atoms with Crippen LogP contribution in [0.15, 0.2) is 28.6 Å². The van der Waals surface area contributed by atoms with E-state index in [-0.39, 0.29) is 5.91 Å². The minimum Gasteiger partial charge on any atom is -0.297 e. The van der Waals surface area contributed by atoms with Gasteiger partial charge in [-0.05, 0) is 35.6 Å². The molecule has 8 heteroatoms. The summed E-state index contributed by atoms with van der Waals surface area (Å²) in [5.41, 5.74) is 0.752. The fourth-order valence-corrected chi connectivity index (χ4v) is 3.63. The molecule has 1 amide bonds. The Balaban J connectivity index is 1.98. The van der Waals surface area contributed by atoms with Gasteiger partial charge >= 0.3 is 0 Å². The van der Waals surface area contributed by atoms with E-state index in [9.17, 15) is 4.79 Å². The number of amides is 1. The van der Waals surface area contributed by atoms with Crippen LogP contribution in [0.25, 0.3) is 6.08 Å². The van der Waals surface area contributed by atoms with E-state index in [1.807, 2.05) is 6.92 Å². The van der Waals surface area contributed by atoms with Crippen molar-refractivity contribution in [2.24, 2.45) is 0 Å². The lowest BCUT2D eigenvalue weighted by atomic mass is 10.2. The van der Waals surface area contributed by atoms with Gasteiger partial charge in [0, 0.05) is 16.1 Å². The van der Waals surface area contributed by atoms with Crippen LogP contribution >= 0.6 is 46.3 Å². The molecule has 0 aliphatic carbocycles. The molecule has 0 saturated carbocycles. The second kappa shape index (κ2) is 7.79. The third-order valence-electron chi connectivity index (χ3n) is 2.22. The number of hydrogen-bond acceptors (Lipinski definition) is 5. The maximum atomic E-state index is 11.8. The highest BCUT2D eigenvalue weighted by Crippen LogP contribution is 2.25. The van der Waals surface area contributed by atoms with Gasteiger partial charge in [-0.2, -0.15) is 0 Å². The molecule has 1 N–H and O–H groups in total. The number of thioether (sulfide) groups is 1. The summed E-state index contributed by atoms with van der Waals surface area (Å²) in [5.74, 6) is 0.633. The molecule has 1 heterocycles. The molecule has 0 atom stereocenters. The Bertz CT molecular complexity index is 653. The van der Waals surface area contributed by atoms with E-state index in [1.54, 1.807) is 36.0 Å². The lowest BCUT2D eigenvalue weighted by Gasteiger charge is -1.97. The summed E-state index contributed by atoms with van der Waals surface area (Å²) in [4.78, 5) is 11.8. The van der Waals surface area contributed by atoms with E-state index in [0.29, 0.717) is 15.2 Å². The Kier molecular flexibility index (Phi) is 6.05. The van der Waals surface area contributed by atoms with E-state index in [2.05, 4.69) is 15.5 Å². The molecule has 0 spiro atoms. The Labute approximate surface area is 140 Å². The summed E-state index contributed by atoms with van der Waals surface area (Å²) in [7, 11) is 0. The Morgan fingerprint density at radius 3 is 2.71 bits per heavy atom. The zero-order chi connectivity index (χ0) is 15.2. The summed E-state index contributed by atoms with van der Waals surface area (Å²) >= 11 is 14.7. The maximum absolute atomic E-state index is 11.8. The van der Waals surface area contributed by atoms with Crippen molar-refractivity contribution >= 4 is 63.4 Å². The summed E-state index contributed by atoms with van der Waals surface area (Å²) in [5, 5.41) is 12.0. The van der Waals surface area contributed by atoms with Gasteiger partial charge in [-0.3, -0.25) is 10.1 Å².